The maximum atomic E-state index is 10.1. The number of ether oxygens (including phenoxy) is 1. The van der Waals surface area contributed by atoms with E-state index in [1.54, 1.807) is 12.1 Å². The van der Waals surface area contributed by atoms with Crippen molar-refractivity contribution < 1.29 is 9.84 Å². The van der Waals surface area contributed by atoms with Crippen molar-refractivity contribution in [2.45, 2.75) is 18.4 Å². The molecule has 0 saturated carbocycles. The molecule has 0 atom stereocenters. The zero-order valence-corrected chi connectivity index (χ0v) is 14.6. The van der Waals surface area contributed by atoms with Gasteiger partial charge in [-0.25, -0.2) is 5.01 Å². The van der Waals surface area contributed by atoms with Crippen molar-refractivity contribution in [3.63, 3.8) is 0 Å². The van der Waals surface area contributed by atoms with Crippen molar-refractivity contribution in [2.75, 3.05) is 43.4 Å². The molecule has 2 saturated heterocycles. The average Bonchev–Trinajstić information content (AvgIpc) is 2.64. The molecule has 138 valence electrons. The van der Waals surface area contributed by atoms with E-state index in [1.807, 2.05) is 23.2 Å². The molecule has 0 radical (unpaired) electrons. The van der Waals surface area contributed by atoms with E-state index >= 15 is 0 Å². The highest BCUT2D eigenvalue weighted by Gasteiger charge is 2.39. The maximum absolute atomic E-state index is 10.1. The van der Waals surface area contributed by atoms with Crippen LogP contribution >= 0.6 is 0 Å². The Balaban J connectivity index is 1.55. The molecule has 1 spiro atoms. The standard InChI is InChI=1S/C18H24N6O2/c19-17-15(11-14(21-22-17)13-3-1-2-4-16(13)25)23-7-5-18(6-8-23)12-24(20)9-10-26-18/h1-4,11,25H,5-10,12,20H2,(H2,19,22). The van der Waals surface area contributed by atoms with Gasteiger partial charge in [-0.15, -0.1) is 10.2 Å². The van der Waals surface area contributed by atoms with Crippen molar-refractivity contribution in [3.8, 4) is 17.0 Å². The minimum absolute atomic E-state index is 0.167. The zero-order chi connectivity index (χ0) is 18.1. The van der Waals surface area contributed by atoms with Crippen molar-refractivity contribution in [2.24, 2.45) is 5.84 Å². The van der Waals surface area contributed by atoms with Gasteiger partial charge in [0.05, 0.1) is 23.6 Å². The Kier molecular flexibility index (Phi) is 4.39. The highest BCUT2D eigenvalue weighted by molar-refractivity contribution is 5.74. The third kappa shape index (κ3) is 3.18. The number of hydrogen-bond donors (Lipinski definition) is 3. The fraction of sp³-hybridized carbons (Fsp3) is 0.444. The second-order valence-electron chi connectivity index (χ2n) is 7.01. The number of phenols is 1. The molecule has 0 amide bonds. The molecule has 8 nitrogen and oxygen atoms in total. The monoisotopic (exact) mass is 356 g/mol. The van der Waals surface area contributed by atoms with Gasteiger partial charge < -0.3 is 20.5 Å². The quantitative estimate of drug-likeness (QED) is 0.682. The van der Waals surface area contributed by atoms with E-state index in [4.69, 9.17) is 16.3 Å². The molecule has 1 aromatic carbocycles. The number of hydrazine groups is 1. The molecule has 0 unspecified atom stereocenters. The highest BCUT2D eigenvalue weighted by atomic mass is 16.5. The number of para-hydroxylation sites is 1. The summed E-state index contributed by atoms with van der Waals surface area (Å²) in [6.45, 7) is 3.82. The number of phenolic OH excluding ortho intramolecular Hbond substituents is 1. The lowest BCUT2D eigenvalue weighted by Gasteiger charge is -2.46. The Hall–Kier alpha value is -2.42. The van der Waals surface area contributed by atoms with Gasteiger partial charge in [-0.05, 0) is 31.0 Å². The minimum atomic E-state index is -0.167. The summed E-state index contributed by atoms with van der Waals surface area (Å²) in [5.41, 5.74) is 8.01. The molecule has 3 heterocycles. The average molecular weight is 356 g/mol. The van der Waals surface area contributed by atoms with Crippen molar-refractivity contribution >= 4 is 11.5 Å². The summed E-state index contributed by atoms with van der Waals surface area (Å²) in [6.07, 6.45) is 1.77. The van der Waals surface area contributed by atoms with Crippen LogP contribution in [0.25, 0.3) is 11.3 Å². The predicted molar refractivity (Wildman–Crippen MR) is 99.4 cm³/mol. The summed E-state index contributed by atoms with van der Waals surface area (Å²) in [4.78, 5) is 2.21. The third-order valence-corrected chi connectivity index (χ3v) is 5.27. The summed E-state index contributed by atoms with van der Waals surface area (Å²) in [5, 5.41) is 20.2. The van der Waals surface area contributed by atoms with Crippen LogP contribution in [0.3, 0.4) is 0 Å². The first-order valence-electron chi connectivity index (χ1n) is 8.86. The number of nitrogens with zero attached hydrogens (tertiary/aromatic N) is 4. The Morgan fingerprint density at radius 2 is 1.88 bits per heavy atom. The molecular formula is C18H24N6O2. The van der Waals surface area contributed by atoms with E-state index in [9.17, 15) is 5.11 Å². The van der Waals surface area contributed by atoms with Crippen LogP contribution in [0.4, 0.5) is 11.5 Å². The van der Waals surface area contributed by atoms with Crippen molar-refractivity contribution in [1.82, 2.24) is 15.2 Å². The number of morpholine rings is 1. The summed E-state index contributed by atoms with van der Waals surface area (Å²) in [6, 6.07) is 8.98. The first-order valence-corrected chi connectivity index (χ1v) is 8.86. The number of anilines is 2. The van der Waals surface area contributed by atoms with E-state index in [0.717, 1.165) is 44.7 Å². The van der Waals surface area contributed by atoms with Crippen LogP contribution in [-0.2, 0) is 4.74 Å². The van der Waals surface area contributed by atoms with Crippen LogP contribution in [0.15, 0.2) is 30.3 Å². The molecular weight excluding hydrogens is 332 g/mol. The lowest BCUT2D eigenvalue weighted by Crippen LogP contribution is -2.58. The molecule has 2 aromatic rings. The summed E-state index contributed by atoms with van der Waals surface area (Å²) < 4.78 is 6.06. The molecule has 0 bridgehead atoms. The van der Waals surface area contributed by atoms with Gasteiger partial charge in [0.2, 0.25) is 0 Å². The molecule has 8 heteroatoms. The normalized spacial score (nSPS) is 20.4. The van der Waals surface area contributed by atoms with Gasteiger partial charge in [-0.1, -0.05) is 12.1 Å². The molecule has 4 rings (SSSR count). The molecule has 2 aliphatic rings. The topological polar surface area (TPSA) is 114 Å². The fourth-order valence-electron chi connectivity index (χ4n) is 3.80. The van der Waals surface area contributed by atoms with E-state index in [2.05, 4.69) is 15.1 Å². The number of aromatic nitrogens is 2. The van der Waals surface area contributed by atoms with Crippen LogP contribution in [-0.4, -0.2) is 58.7 Å². The van der Waals surface area contributed by atoms with Crippen molar-refractivity contribution in [1.29, 1.82) is 0 Å². The molecule has 0 aliphatic carbocycles. The van der Waals surface area contributed by atoms with E-state index in [-0.39, 0.29) is 11.4 Å². The van der Waals surface area contributed by atoms with Crippen LogP contribution < -0.4 is 16.5 Å². The number of piperidine rings is 1. The van der Waals surface area contributed by atoms with Gasteiger partial charge in [-0.3, -0.25) is 5.84 Å². The molecule has 5 N–H and O–H groups in total. The van der Waals surface area contributed by atoms with E-state index in [1.165, 1.54) is 0 Å². The predicted octanol–water partition coefficient (Wildman–Crippen LogP) is 0.976. The second-order valence-corrected chi connectivity index (χ2v) is 7.01. The fourth-order valence-corrected chi connectivity index (χ4v) is 3.80. The Morgan fingerprint density at radius 3 is 2.62 bits per heavy atom. The lowest BCUT2D eigenvalue weighted by atomic mass is 9.89. The number of aromatic hydroxyl groups is 1. The zero-order valence-electron chi connectivity index (χ0n) is 14.6. The van der Waals surface area contributed by atoms with Gasteiger partial charge in [0.25, 0.3) is 0 Å². The Morgan fingerprint density at radius 1 is 1.12 bits per heavy atom. The molecule has 2 aliphatic heterocycles. The van der Waals surface area contributed by atoms with Gasteiger partial charge in [0.15, 0.2) is 5.82 Å². The Bertz CT molecular complexity index is 791. The first-order chi connectivity index (χ1) is 12.6. The minimum Gasteiger partial charge on any atom is -0.507 e. The molecule has 26 heavy (non-hydrogen) atoms. The van der Waals surface area contributed by atoms with Crippen LogP contribution in [0.5, 0.6) is 5.75 Å². The van der Waals surface area contributed by atoms with E-state index < -0.39 is 0 Å². The number of nitrogen functional groups attached to an aromatic ring is 1. The second kappa shape index (κ2) is 6.71. The lowest BCUT2D eigenvalue weighted by molar-refractivity contribution is -0.121. The number of benzene rings is 1. The smallest absolute Gasteiger partial charge is 0.169 e. The van der Waals surface area contributed by atoms with Gasteiger partial charge >= 0.3 is 0 Å². The summed E-state index contributed by atoms with van der Waals surface area (Å²) >= 11 is 0. The van der Waals surface area contributed by atoms with Crippen LogP contribution in [0.1, 0.15) is 12.8 Å². The summed E-state index contributed by atoms with van der Waals surface area (Å²) in [7, 11) is 0. The number of rotatable bonds is 2. The number of nitrogens with two attached hydrogens (primary N) is 2. The number of hydrogen-bond acceptors (Lipinski definition) is 8. The van der Waals surface area contributed by atoms with E-state index in [0.29, 0.717) is 23.7 Å². The molecule has 1 aromatic heterocycles. The van der Waals surface area contributed by atoms with Gasteiger partial charge in [0.1, 0.15) is 5.75 Å². The van der Waals surface area contributed by atoms with Crippen LogP contribution in [0, 0.1) is 0 Å². The first kappa shape index (κ1) is 17.0. The SMILES string of the molecule is Nc1nnc(-c2ccccc2O)cc1N1CCC2(CC1)CN(N)CCO2. The Labute approximate surface area is 152 Å². The maximum Gasteiger partial charge on any atom is 0.169 e. The van der Waals surface area contributed by atoms with Crippen LogP contribution in [0.2, 0.25) is 0 Å². The largest absolute Gasteiger partial charge is 0.507 e. The third-order valence-electron chi connectivity index (χ3n) is 5.27. The highest BCUT2D eigenvalue weighted by Crippen LogP contribution is 2.35. The van der Waals surface area contributed by atoms with Gasteiger partial charge in [-0.2, -0.15) is 0 Å². The van der Waals surface area contributed by atoms with Crippen molar-refractivity contribution in [3.05, 3.63) is 30.3 Å². The molecule has 2 fully saturated rings. The summed E-state index contributed by atoms with van der Waals surface area (Å²) in [5.74, 6) is 6.55. The van der Waals surface area contributed by atoms with Gasteiger partial charge in [0, 0.05) is 31.7 Å².